The second-order valence-electron chi connectivity index (χ2n) is 5.81. The van der Waals surface area contributed by atoms with Crippen molar-refractivity contribution in [2.24, 2.45) is 0 Å². The molecule has 7 heteroatoms. The molecule has 3 aromatic rings. The first-order valence-electron chi connectivity index (χ1n) is 8.08. The predicted molar refractivity (Wildman–Crippen MR) is 93.2 cm³/mol. The van der Waals surface area contributed by atoms with Crippen LogP contribution in [0.25, 0.3) is 10.2 Å². The highest BCUT2D eigenvalue weighted by Crippen LogP contribution is 2.31. The van der Waals surface area contributed by atoms with E-state index in [1.807, 2.05) is 23.6 Å². The number of hydrogen-bond donors (Lipinski definition) is 1. The summed E-state index contributed by atoms with van der Waals surface area (Å²) in [5, 5.41) is 6.06. The number of nitrogens with zero attached hydrogens (tertiary/aromatic N) is 3. The van der Waals surface area contributed by atoms with Crippen molar-refractivity contribution in [3.05, 3.63) is 41.9 Å². The van der Waals surface area contributed by atoms with E-state index in [2.05, 4.69) is 20.2 Å². The van der Waals surface area contributed by atoms with Crippen LogP contribution in [0.3, 0.4) is 0 Å². The highest BCUT2D eigenvalue weighted by molar-refractivity contribution is 7.16. The van der Waals surface area contributed by atoms with Crippen LogP contribution < -0.4 is 10.2 Å². The van der Waals surface area contributed by atoms with E-state index >= 15 is 0 Å². The summed E-state index contributed by atoms with van der Waals surface area (Å²) in [7, 11) is 0. The van der Waals surface area contributed by atoms with Crippen molar-refractivity contribution < 1.29 is 9.21 Å². The number of aromatic nitrogens is 2. The van der Waals surface area contributed by atoms with Crippen LogP contribution in [-0.2, 0) is 11.2 Å². The van der Waals surface area contributed by atoms with Crippen molar-refractivity contribution in [3.8, 4) is 0 Å². The van der Waals surface area contributed by atoms with Crippen molar-refractivity contribution in [2.45, 2.75) is 25.3 Å². The van der Waals surface area contributed by atoms with Crippen molar-refractivity contribution in [2.75, 3.05) is 18.0 Å². The molecule has 1 aliphatic heterocycles. The molecule has 4 rings (SSSR count). The molecule has 6 nitrogen and oxygen atoms in total. The molecule has 124 valence electrons. The maximum atomic E-state index is 12.6. The Labute approximate surface area is 143 Å². The van der Waals surface area contributed by atoms with Crippen LogP contribution in [0.2, 0.25) is 0 Å². The van der Waals surface area contributed by atoms with E-state index in [0.29, 0.717) is 13.0 Å². The fourth-order valence-electron chi connectivity index (χ4n) is 3.18. The Kier molecular flexibility index (Phi) is 4.17. The maximum Gasteiger partial charge on any atom is 0.242 e. The summed E-state index contributed by atoms with van der Waals surface area (Å²) in [6.07, 6.45) is 5.78. The molecule has 1 amide bonds. The van der Waals surface area contributed by atoms with Crippen molar-refractivity contribution in [1.82, 2.24) is 15.3 Å². The first-order valence-corrected chi connectivity index (χ1v) is 8.96. The summed E-state index contributed by atoms with van der Waals surface area (Å²) in [6, 6.07) is 5.64. The van der Waals surface area contributed by atoms with Crippen LogP contribution in [0.1, 0.15) is 18.6 Å². The van der Waals surface area contributed by atoms with Crippen molar-refractivity contribution >= 4 is 33.3 Å². The molecule has 1 aliphatic rings. The van der Waals surface area contributed by atoms with Crippen LogP contribution in [-0.4, -0.2) is 35.0 Å². The Balaban J connectivity index is 1.46. The molecule has 1 N–H and O–H groups in total. The number of carbonyl (C=O) groups excluding carboxylic acids is 1. The van der Waals surface area contributed by atoms with Gasteiger partial charge in [-0.2, -0.15) is 0 Å². The summed E-state index contributed by atoms with van der Waals surface area (Å²) in [5.41, 5.74) is 0. The quantitative estimate of drug-likeness (QED) is 0.772. The van der Waals surface area contributed by atoms with Gasteiger partial charge in [0.1, 0.15) is 28.8 Å². The molecule has 0 unspecified atom stereocenters. The van der Waals surface area contributed by atoms with Gasteiger partial charge in [0.05, 0.1) is 11.6 Å². The Bertz CT molecular complexity index is 830. The average Bonchev–Trinajstić information content (AvgIpc) is 3.34. The first-order chi connectivity index (χ1) is 11.8. The van der Waals surface area contributed by atoms with Gasteiger partial charge in [-0.3, -0.25) is 4.79 Å². The number of nitrogens with one attached hydrogen (secondary N) is 1. The van der Waals surface area contributed by atoms with Gasteiger partial charge >= 0.3 is 0 Å². The van der Waals surface area contributed by atoms with E-state index in [-0.39, 0.29) is 11.9 Å². The summed E-state index contributed by atoms with van der Waals surface area (Å²) in [6.45, 7) is 1.42. The molecule has 1 saturated heterocycles. The molecule has 24 heavy (non-hydrogen) atoms. The lowest BCUT2D eigenvalue weighted by Gasteiger charge is -2.25. The zero-order valence-electron chi connectivity index (χ0n) is 13.1. The Hall–Kier alpha value is -2.41. The number of amides is 1. The number of thiophene rings is 1. The van der Waals surface area contributed by atoms with E-state index in [1.54, 1.807) is 23.9 Å². The molecule has 3 aromatic heterocycles. The van der Waals surface area contributed by atoms with Gasteiger partial charge in [0, 0.05) is 19.5 Å². The molecule has 0 saturated carbocycles. The van der Waals surface area contributed by atoms with Gasteiger partial charge in [-0.15, -0.1) is 11.3 Å². The Morgan fingerprint density at radius 2 is 2.38 bits per heavy atom. The lowest BCUT2D eigenvalue weighted by atomic mass is 10.2. The van der Waals surface area contributed by atoms with Gasteiger partial charge < -0.3 is 14.6 Å². The van der Waals surface area contributed by atoms with E-state index in [0.717, 1.165) is 41.2 Å². The third kappa shape index (κ3) is 2.87. The van der Waals surface area contributed by atoms with E-state index in [9.17, 15) is 4.79 Å². The van der Waals surface area contributed by atoms with E-state index in [1.165, 1.54) is 0 Å². The SMILES string of the molecule is O=C(NCCc1ccco1)[C@@H]1CCCN1c1ncnc2sccc12. The molecule has 0 spiro atoms. The number of carbonyl (C=O) groups is 1. The zero-order valence-corrected chi connectivity index (χ0v) is 14.0. The van der Waals surface area contributed by atoms with Gasteiger partial charge in [-0.1, -0.05) is 0 Å². The molecule has 0 aromatic carbocycles. The van der Waals surface area contributed by atoms with Crippen molar-refractivity contribution in [3.63, 3.8) is 0 Å². The molecule has 0 bridgehead atoms. The van der Waals surface area contributed by atoms with Crippen LogP contribution in [0, 0.1) is 0 Å². The highest BCUT2D eigenvalue weighted by Gasteiger charge is 2.32. The second-order valence-corrected chi connectivity index (χ2v) is 6.70. The Morgan fingerprint density at radius 1 is 1.42 bits per heavy atom. The molecule has 0 aliphatic carbocycles. The molecule has 1 atom stereocenters. The van der Waals surface area contributed by atoms with Gasteiger partial charge in [0.25, 0.3) is 0 Å². The van der Waals surface area contributed by atoms with Gasteiger partial charge in [0.15, 0.2) is 0 Å². The van der Waals surface area contributed by atoms with Crippen LogP contribution in [0.15, 0.2) is 40.6 Å². The third-order valence-electron chi connectivity index (χ3n) is 4.32. The lowest BCUT2D eigenvalue weighted by Crippen LogP contribution is -2.44. The fraction of sp³-hybridized carbons (Fsp3) is 0.353. The molecular formula is C17H18N4O2S. The largest absolute Gasteiger partial charge is 0.469 e. The van der Waals surface area contributed by atoms with Crippen LogP contribution in [0.4, 0.5) is 5.82 Å². The summed E-state index contributed by atoms with van der Waals surface area (Å²) < 4.78 is 5.29. The lowest BCUT2D eigenvalue weighted by molar-refractivity contribution is -0.122. The van der Waals surface area contributed by atoms with Crippen molar-refractivity contribution in [1.29, 1.82) is 0 Å². The Morgan fingerprint density at radius 3 is 3.25 bits per heavy atom. The molecular weight excluding hydrogens is 324 g/mol. The van der Waals surface area contributed by atoms with E-state index in [4.69, 9.17) is 4.42 Å². The van der Waals surface area contributed by atoms with Crippen LogP contribution >= 0.6 is 11.3 Å². The van der Waals surface area contributed by atoms with Gasteiger partial charge in [0.2, 0.25) is 5.91 Å². The highest BCUT2D eigenvalue weighted by atomic mass is 32.1. The normalized spacial score (nSPS) is 17.5. The fourth-order valence-corrected chi connectivity index (χ4v) is 3.91. The summed E-state index contributed by atoms with van der Waals surface area (Å²) >= 11 is 1.59. The van der Waals surface area contributed by atoms with E-state index < -0.39 is 0 Å². The number of rotatable bonds is 5. The monoisotopic (exact) mass is 342 g/mol. The average molecular weight is 342 g/mol. The molecule has 0 radical (unpaired) electrons. The number of hydrogen-bond acceptors (Lipinski definition) is 6. The first kappa shape index (κ1) is 15.1. The van der Waals surface area contributed by atoms with Gasteiger partial charge in [-0.25, -0.2) is 9.97 Å². The molecule has 1 fully saturated rings. The minimum Gasteiger partial charge on any atom is -0.469 e. The smallest absolute Gasteiger partial charge is 0.242 e. The minimum atomic E-state index is -0.167. The molecule has 4 heterocycles. The predicted octanol–water partition coefficient (Wildman–Crippen LogP) is 2.61. The maximum absolute atomic E-state index is 12.6. The summed E-state index contributed by atoms with van der Waals surface area (Å²) in [4.78, 5) is 24.4. The van der Waals surface area contributed by atoms with Crippen LogP contribution in [0.5, 0.6) is 0 Å². The standard InChI is InChI=1S/C17H18N4O2S/c22-16(18-7-5-12-3-2-9-23-12)14-4-1-8-21(14)15-13-6-10-24-17(13)20-11-19-15/h2-3,6,9-11,14H,1,4-5,7-8H2,(H,18,22)/t14-/m0/s1. The third-order valence-corrected chi connectivity index (χ3v) is 5.14. The van der Waals surface area contributed by atoms with Gasteiger partial charge in [-0.05, 0) is 36.4 Å². The summed E-state index contributed by atoms with van der Waals surface area (Å²) in [5.74, 6) is 1.81. The minimum absolute atomic E-state index is 0.0565. The number of fused-ring (bicyclic) bond motifs is 1. The number of furan rings is 1. The zero-order chi connectivity index (χ0) is 16.4. The topological polar surface area (TPSA) is 71.3 Å². The number of anilines is 1. The second kappa shape index (κ2) is 6.60.